The number of rotatable bonds is 22. The maximum atomic E-state index is 11.4. The van der Waals surface area contributed by atoms with Crippen molar-refractivity contribution in [3.8, 4) is 0 Å². The van der Waals surface area contributed by atoms with E-state index in [-0.39, 0.29) is 0 Å². The highest BCUT2D eigenvalue weighted by Crippen LogP contribution is 2.39. The molecule has 0 aliphatic carbocycles. The lowest BCUT2D eigenvalue weighted by Crippen LogP contribution is -2.68. The Kier molecular flexibility index (Phi) is 25.9. The molecule has 41 nitrogen and oxygen atoms in total. The molecular weight excluding hydrogens is 1230 g/mol. The van der Waals surface area contributed by atoms with Gasteiger partial charge < -0.3 is 204 Å². The van der Waals surface area contributed by atoms with Gasteiger partial charge in [0.1, 0.15) is 195 Å². The summed E-state index contributed by atoms with van der Waals surface area (Å²) >= 11 is 0. The normalized spacial score (nSPS) is 53.6. The monoisotopic (exact) mass is 1310 g/mol. The first-order chi connectivity index (χ1) is 42.2. The second-order valence-corrected chi connectivity index (χ2v) is 22.4. The third kappa shape index (κ3) is 15.0. The average Bonchev–Trinajstić information content (AvgIpc) is 1.20. The van der Waals surface area contributed by atoms with E-state index >= 15 is 0 Å². The van der Waals surface area contributed by atoms with E-state index < -0.39 is 299 Å². The molecule has 8 heterocycles. The Balaban J connectivity index is 0.850. The van der Waals surface area contributed by atoms with Crippen molar-refractivity contribution in [3.63, 3.8) is 0 Å². The van der Waals surface area contributed by atoms with Gasteiger partial charge in [-0.25, -0.2) is 0 Å². The molecule has 89 heavy (non-hydrogen) atoms. The molecular formula is C48H82O41. The molecule has 0 spiro atoms. The second kappa shape index (κ2) is 31.5. The summed E-state index contributed by atoms with van der Waals surface area (Å²) in [7, 11) is 0. The molecule has 40 atom stereocenters. The molecule has 0 aromatic carbocycles. The Labute approximate surface area is 501 Å². The van der Waals surface area contributed by atoms with Gasteiger partial charge in [-0.3, -0.25) is 0 Å². The summed E-state index contributed by atoms with van der Waals surface area (Å²) in [6, 6.07) is 0. The van der Waals surface area contributed by atoms with Gasteiger partial charge in [-0.05, 0) is 0 Å². The first-order valence-electron chi connectivity index (χ1n) is 28.2. The van der Waals surface area contributed by atoms with Crippen LogP contribution < -0.4 is 0 Å². The molecule has 8 fully saturated rings. The lowest BCUT2D eigenvalue weighted by Gasteiger charge is -2.50. The second-order valence-electron chi connectivity index (χ2n) is 22.4. The largest absolute Gasteiger partial charge is 0.394 e. The third-order valence-corrected chi connectivity index (χ3v) is 16.7. The Hall–Kier alpha value is -1.64. The van der Waals surface area contributed by atoms with Gasteiger partial charge in [-0.1, -0.05) is 0 Å². The van der Waals surface area contributed by atoms with Crippen molar-refractivity contribution in [3.05, 3.63) is 0 Å². The zero-order chi connectivity index (χ0) is 65.4. The van der Waals surface area contributed by atoms with Crippen LogP contribution >= 0.6 is 0 Å². The predicted octanol–water partition coefficient (Wildman–Crippen LogP) is -18.5. The molecule has 26 N–H and O–H groups in total. The molecule has 0 aromatic heterocycles. The molecule has 0 saturated carbocycles. The van der Waals surface area contributed by atoms with Crippen LogP contribution in [0.2, 0.25) is 0 Å². The van der Waals surface area contributed by atoms with Crippen LogP contribution in [0.25, 0.3) is 0 Å². The Bertz CT molecular complexity index is 2120. The van der Waals surface area contributed by atoms with Crippen LogP contribution in [0.3, 0.4) is 0 Å². The maximum absolute atomic E-state index is 11.4. The van der Waals surface area contributed by atoms with Crippen molar-refractivity contribution in [1.82, 2.24) is 0 Å². The molecule has 8 aliphatic heterocycles. The van der Waals surface area contributed by atoms with Crippen LogP contribution in [0.4, 0.5) is 0 Å². The minimum absolute atomic E-state index is 0.854. The highest BCUT2D eigenvalue weighted by molar-refractivity contribution is 5.02. The van der Waals surface area contributed by atoms with Gasteiger partial charge in [0.2, 0.25) is 0 Å². The van der Waals surface area contributed by atoms with Crippen molar-refractivity contribution in [2.45, 2.75) is 246 Å². The van der Waals surface area contributed by atoms with Crippen LogP contribution in [-0.2, 0) is 71.1 Å². The lowest BCUT2D eigenvalue weighted by atomic mass is 9.95. The van der Waals surface area contributed by atoms with Gasteiger partial charge in [0.15, 0.2) is 50.3 Å². The van der Waals surface area contributed by atoms with Crippen molar-refractivity contribution in [2.75, 3.05) is 52.9 Å². The third-order valence-electron chi connectivity index (χ3n) is 16.7. The Morgan fingerprint density at radius 3 is 0.517 bits per heavy atom. The van der Waals surface area contributed by atoms with E-state index in [1.54, 1.807) is 0 Å². The Morgan fingerprint density at radius 1 is 0.169 bits per heavy atom. The van der Waals surface area contributed by atoms with Gasteiger partial charge in [0.25, 0.3) is 0 Å². The van der Waals surface area contributed by atoms with Crippen molar-refractivity contribution in [1.29, 1.82) is 0 Å². The highest BCUT2D eigenvalue weighted by Gasteiger charge is 2.59. The highest BCUT2D eigenvalue weighted by atomic mass is 16.8. The van der Waals surface area contributed by atoms with E-state index in [1.807, 2.05) is 0 Å². The summed E-state index contributed by atoms with van der Waals surface area (Å²) in [5.41, 5.74) is 0. The fourth-order valence-corrected chi connectivity index (χ4v) is 11.5. The zero-order valence-corrected chi connectivity index (χ0v) is 46.5. The molecule has 0 bridgehead atoms. The first-order valence-corrected chi connectivity index (χ1v) is 28.2. The van der Waals surface area contributed by atoms with Crippen molar-refractivity contribution >= 4 is 0 Å². The van der Waals surface area contributed by atoms with Crippen molar-refractivity contribution in [2.24, 2.45) is 0 Å². The van der Waals surface area contributed by atoms with Gasteiger partial charge in [0.05, 0.1) is 52.9 Å². The molecule has 41 heteroatoms. The standard InChI is InChI=1S/C48H82O41/c49-1-9-17(57)18(58)27(67)42(76-9)84-35-11(3-51)78-44(29(69)20(35)60)86-37-13(5-53)80-46(31(71)22(37)62)88-39-15(7-55)82-48(33(73)24(39)64)89-40-16(8-56)81-47(32(72)25(40)65)87-38-14(6-54)79-45(30(70)23(38)63)85-36-12(4-52)77-43(28(68)21(36)61)83-34-10(2-50)75-41(74)26(66)19(34)59/h9-74H,1-8H2/t9-,10-,11-,12-,13-,14-,15-,16-,17-,18+,19-,20-,21-,22-,23-,24-,25-,26-,27-,28-,29-,30-,31-,32-,33-,34-,35-,36-,37-,38-,39-,40-,41?,42-,43-,44+,45-,46-,47-,48-/m1/s1. The van der Waals surface area contributed by atoms with E-state index in [0.29, 0.717) is 0 Å². The van der Waals surface area contributed by atoms with Gasteiger partial charge in [-0.15, -0.1) is 0 Å². The number of hydrogen-bond acceptors (Lipinski definition) is 41. The average molecular weight is 1320 g/mol. The fraction of sp³-hybridized carbons (Fsp3) is 1.00. The van der Waals surface area contributed by atoms with Gasteiger partial charge >= 0.3 is 0 Å². The van der Waals surface area contributed by atoms with Crippen LogP contribution in [0.15, 0.2) is 0 Å². The van der Waals surface area contributed by atoms with E-state index in [0.717, 1.165) is 0 Å². The number of aliphatic hydroxyl groups excluding tert-OH is 26. The van der Waals surface area contributed by atoms with Gasteiger partial charge in [-0.2, -0.15) is 0 Å². The fourth-order valence-electron chi connectivity index (χ4n) is 11.5. The predicted molar refractivity (Wildman–Crippen MR) is 264 cm³/mol. The SMILES string of the molecule is OC[C@H]1O[C@H](O[C@H]2[C@H](O)[C@@H](O)[C@H](O[C@H]3[C@H](O)[C@@H](O)[C@@H](O[C@H]4[C@H](O)[C@@H](O)[C@@H](O[C@H]5[C@H](O)[C@@H](O)[C@@H](O[C@H]6[C@H](O)[C@@H](O)[C@@H](O[C@H]7[C@H](O)[C@@H](O)[C@@H](O[C@H]8[C@H](O)[C@@H](O)C(O)O[C@@H]8CO)O[C@@H]7CO)O[C@@H]6CO)O[C@@H]5CO)O[C@@H]4CO)O[C@@H]3CO)O[C@@H]2CO)[C@H](O)[C@@H](O)[C@@H]1O. The summed E-state index contributed by atoms with van der Waals surface area (Å²) in [5.74, 6) is 0. The molecule has 520 valence electrons. The summed E-state index contributed by atoms with van der Waals surface area (Å²) < 4.78 is 83.4. The van der Waals surface area contributed by atoms with E-state index in [4.69, 9.17) is 71.1 Å². The minimum Gasteiger partial charge on any atom is -0.394 e. The molecule has 0 aromatic rings. The summed E-state index contributed by atoms with van der Waals surface area (Å²) in [5, 5.41) is 277. The van der Waals surface area contributed by atoms with Crippen LogP contribution in [-0.4, -0.2) is 431 Å². The maximum Gasteiger partial charge on any atom is 0.187 e. The molecule has 8 aliphatic rings. The summed E-state index contributed by atoms with van der Waals surface area (Å²) in [4.78, 5) is 0. The van der Waals surface area contributed by atoms with Crippen LogP contribution in [0.5, 0.6) is 0 Å². The van der Waals surface area contributed by atoms with Crippen LogP contribution in [0.1, 0.15) is 0 Å². The Morgan fingerprint density at radius 2 is 0.326 bits per heavy atom. The summed E-state index contributed by atoms with van der Waals surface area (Å²) in [6.07, 6.45) is -78.4. The quantitative estimate of drug-likeness (QED) is 0.0479. The number of hydrogen-bond donors (Lipinski definition) is 26. The van der Waals surface area contributed by atoms with Crippen molar-refractivity contribution < 1.29 is 204 Å². The molecule has 1 unspecified atom stereocenters. The van der Waals surface area contributed by atoms with Gasteiger partial charge in [0, 0.05) is 0 Å². The van der Waals surface area contributed by atoms with E-state index in [9.17, 15) is 133 Å². The smallest absolute Gasteiger partial charge is 0.187 e. The molecule has 8 saturated heterocycles. The summed E-state index contributed by atoms with van der Waals surface area (Å²) in [6.45, 7) is -8.07. The lowest BCUT2D eigenvalue weighted by molar-refractivity contribution is -0.399. The molecule has 0 amide bonds. The first kappa shape index (κ1) is 73.2. The topological polar surface area (TPSA) is 664 Å². The van der Waals surface area contributed by atoms with E-state index in [1.165, 1.54) is 0 Å². The number of aliphatic hydroxyl groups is 26. The zero-order valence-electron chi connectivity index (χ0n) is 46.5. The molecule has 0 radical (unpaired) electrons. The van der Waals surface area contributed by atoms with Crippen LogP contribution in [0, 0.1) is 0 Å². The minimum atomic E-state index is -2.26. The number of ether oxygens (including phenoxy) is 15. The van der Waals surface area contributed by atoms with E-state index in [2.05, 4.69) is 0 Å². The molecule has 8 rings (SSSR count).